The molecule has 0 spiro atoms. The van der Waals surface area contributed by atoms with Crippen LogP contribution in [0.1, 0.15) is 13.8 Å². The van der Waals surface area contributed by atoms with Crippen LogP contribution in [0.15, 0.2) is 18.3 Å². The third-order valence-corrected chi connectivity index (χ3v) is 2.76. The maximum absolute atomic E-state index is 9.17. The van der Waals surface area contributed by atoms with Gasteiger partial charge in [-0.2, -0.15) is 0 Å². The Balaban J connectivity index is 2.16. The highest BCUT2D eigenvalue weighted by Crippen LogP contribution is 2.27. The van der Waals surface area contributed by atoms with Gasteiger partial charge in [0.05, 0.1) is 25.4 Å². The van der Waals surface area contributed by atoms with Crippen molar-refractivity contribution in [2.45, 2.75) is 26.1 Å². The fourth-order valence-electron chi connectivity index (χ4n) is 1.99. The number of pyridine rings is 1. The van der Waals surface area contributed by atoms with Crippen molar-refractivity contribution in [1.29, 1.82) is 0 Å². The molecule has 1 aromatic rings. The largest absolute Gasteiger partial charge is 0.487 e. The highest BCUT2D eigenvalue weighted by atomic mass is 16.5. The Bertz CT molecular complexity index is 384. The Morgan fingerprint density at radius 1 is 1.61 bits per heavy atom. The van der Waals surface area contributed by atoms with Gasteiger partial charge in [-0.25, -0.2) is 4.98 Å². The average molecular weight is 252 g/mol. The molecule has 1 aliphatic heterocycles. The molecule has 1 fully saturated rings. The lowest BCUT2D eigenvalue weighted by Crippen LogP contribution is -2.44. The van der Waals surface area contributed by atoms with Crippen molar-refractivity contribution in [1.82, 2.24) is 4.98 Å². The summed E-state index contributed by atoms with van der Waals surface area (Å²) in [5.74, 6) is 1.61. The van der Waals surface area contributed by atoms with E-state index < -0.39 is 0 Å². The zero-order valence-corrected chi connectivity index (χ0v) is 10.9. The number of aromatic nitrogens is 1. The van der Waals surface area contributed by atoms with Crippen LogP contribution in [0, 0.1) is 0 Å². The molecule has 2 rings (SSSR count). The van der Waals surface area contributed by atoms with E-state index in [0.29, 0.717) is 13.2 Å². The van der Waals surface area contributed by atoms with E-state index >= 15 is 0 Å². The van der Waals surface area contributed by atoms with Crippen molar-refractivity contribution in [3.05, 3.63) is 18.3 Å². The van der Waals surface area contributed by atoms with E-state index in [0.717, 1.165) is 18.1 Å². The number of hydrogen-bond acceptors (Lipinski definition) is 5. The van der Waals surface area contributed by atoms with Crippen LogP contribution in [0.2, 0.25) is 0 Å². The Kier molecular flexibility index (Phi) is 4.38. The second kappa shape index (κ2) is 6.02. The maximum Gasteiger partial charge on any atom is 0.171 e. The summed E-state index contributed by atoms with van der Waals surface area (Å²) in [6.45, 7) is 6.02. The fourth-order valence-corrected chi connectivity index (χ4v) is 1.99. The summed E-state index contributed by atoms with van der Waals surface area (Å²) in [7, 11) is 0. The maximum atomic E-state index is 9.17. The molecule has 1 atom stereocenters. The Morgan fingerprint density at radius 2 is 2.44 bits per heavy atom. The number of nitrogens with zero attached hydrogens (tertiary/aromatic N) is 2. The smallest absolute Gasteiger partial charge is 0.171 e. The average Bonchev–Trinajstić information content (AvgIpc) is 2.39. The van der Waals surface area contributed by atoms with Gasteiger partial charge in [-0.3, -0.25) is 0 Å². The van der Waals surface area contributed by atoms with Gasteiger partial charge < -0.3 is 19.5 Å². The zero-order valence-electron chi connectivity index (χ0n) is 10.9. The predicted molar refractivity (Wildman–Crippen MR) is 69.0 cm³/mol. The Hall–Kier alpha value is -1.33. The van der Waals surface area contributed by atoms with Gasteiger partial charge in [-0.15, -0.1) is 0 Å². The summed E-state index contributed by atoms with van der Waals surface area (Å²) in [6, 6.07) is 3.79. The van der Waals surface area contributed by atoms with Gasteiger partial charge >= 0.3 is 0 Å². The summed E-state index contributed by atoms with van der Waals surface area (Å²) in [4.78, 5) is 6.49. The molecule has 100 valence electrons. The van der Waals surface area contributed by atoms with Crippen LogP contribution in [-0.2, 0) is 4.74 Å². The summed E-state index contributed by atoms with van der Waals surface area (Å²) < 4.78 is 11.2. The van der Waals surface area contributed by atoms with Crippen LogP contribution < -0.4 is 9.64 Å². The molecular formula is C13H20N2O3. The topological polar surface area (TPSA) is 54.8 Å². The molecule has 5 heteroatoms. The lowest BCUT2D eigenvalue weighted by atomic mass is 10.2. The molecule has 1 saturated heterocycles. The molecule has 0 bridgehead atoms. The van der Waals surface area contributed by atoms with Gasteiger partial charge in [0.2, 0.25) is 0 Å². The first-order valence-corrected chi connectivity index (χ1v) is 6.29. The Morgan fingerprint density at radius 3 is 3.17 bits per heavy atom. The minimum Gasteiger partial charge on any atom is -0.487 e. The molecule has 1 aromatic heterocycles. The first-order chi connectivity index (χ1) is 8.70. The number of ether oxygens (including phenoxy) is 2. The van der Waals surface area contributed by atoms with Gasteiger partial charge in [-0.1, -0.05) is 0 Å². The lowest BCUT2D eigenvalue weighted by Gasteiger charge is -2.33. The number of aliphatic hydroxyl groups is 1. The summed E-state index contributed by atoms with van der Waals surface area (Å²) in [6.07, 6.45) is 1.72. The normalized spacial score (nSPS) is 20.2. The molecule has 0 radical (unpaired) electrons. The van der Waals surface area contributed by atoms with E-state index in [1.807, 2.05) is 26.0 Å². The van der Waals surface area contributed by atoms with Crippen molar-refractivity contribution in [3.8, 4) is 5.75 Å². The van der Waals surface area contributed by atoms with Crippen molar-refractivity contribution in [2.24, 2.45) is 0 Å². The van der Waals surface area contributed by atoms with Gasteiger partial charge in [0.15, 0.2) is 11.6 Å². The van der Waals surface area contributed by atoms with E-state index in [4.69, 9.17) is 14.6 Å². The van der Waals surface area contributed by atoms with E-state index in [9.17, 15) is 0 Å². The molecule has 0 aromatic carbocycles. The Labute approximate surface area is 107 Å². The summed E-state index contributed by atoms with van der Waals surface area (Å²) in [5.41, 5.74) is 0. The molecule has 0 amide bonds. The van der Waals surface area contributed by atoms with Gasteiger partial charge in [0.1, 0.15) is 0 Å². The second-order valence-electron chi connectivity index (χ2n) is 4.61. The summed E-state index contributed by atoms with van der Waals surface area (Å²) in [5, 5.41) is 9.17. The van der Waals surface area contributed by atoms with E-state index in [1.165, 1.54) is 0 Å². The highest BCUT2D eigenvalue weighted by molar-refractivity contribution is 5.52. The highest BCUT2D eigenvalue weighted by Gasteiger charge is 2.23. The van der Waals surface area contributed by atoms with E-state index in [1.54, 1.807) is 6.20 Å². The monoisotopic (exact) mass is 252 g/mol. The fraction of sp³-hybridized carbons (Fsp3) is 0.615. The number of rotatable bonds is 4. The zero-order chi connectivity index (χ0) is 13.0. The number of morpholine rings is 1. The predicted octanol–water partition coefficient (Wildman–Crippen LogP) is 1.07. The first kappa shape index (κ1) is 13.1. The minimum atomic E-state index is -0.146. The molecule has 1 N–H and O–H groups in total. The number of hydrogen-bond donors (Lipinski definition) is 1. The van der Waals surface area contributed by atoms with Crippen LogP contribution in [0.25, 0.3) is 0 Å². The van der Waals surface area contributed by atoms with E-state index in [2.05, 4.69) is 9.88 Å². The lowest BCUT2D eigenvalue weighted by molar-refractivity contribution is 0.00318. The molecule has 1 unspecified atom stereocenters. The van der Waals surface area contributed by atoms with Gasteiger partial charge in [0.25, 0.3) is 0 Å². The van der Waals surface area contributed by atoms with Crippen LogP contribution in [-0.4, -0.2) is 48.6 Å². The minimum absolute atomic E-state index is 0.0315. The van der Waals surface area contributed by atoms with Crippen LogP contribution >= 0.6 is 0 Å². The van der Waals surface area contributed by atoms with Crippen molar-refractivity contribution >= 4 is 5.82 Å². The van der Waals surface area contributed by atoms with Crippen LogP contribution in [0.3, 0.4) is 0 Å². The number of anilines is 1. The molecular weight excluding hydrogens is 232 g/mol. The molecule has 0 saturated carbocycles. The van der Waals surface area contributed by atoms with Crippen molar-refractivity contribution in [3.63, 3.8) is 0 Å². The third kappa shape index (κ3) is 3.11. The first-order valence-electron chi connectivity index (χ1n) is 6.29. The molecule has 5 nitrogen and oxygen atoms in total. The molecule has 1 aliphatic rings. The van der Waals surface area contributed by atoms with Crippen molar-refractivity contribution < 1.29 is 14.6 Å². The van der Waals surface area contributed by atoms with Gasteiger partial charge in [0, 0.05) is 19.3 Å². The quantitative estimate of drug-likeness (QED) is 0.868. The number of aliphatic hydroxyl groups excluding tert-OH is 1. The molecule has 2 heterocycles. The van der Waals surface area contributed by atoms with Crippen LogP contribution in [0.5, 0.6) is 5.75 Å². The third-order valence-electron chi connectivity index (χ3n) is 2.76. The van der Waals surface area contributed by atoms with Gasteiger partial charge in [-0.05, 0) is 26.0 Å². The second-order valence-corrected chi connectivity index (χ2v) is 4.61. The van der Waals surface area contributed by atoms with Crippen LogP contribution in [0.4, 0.5) is 5.82 Å². The standard InChI is InChI=1S/C13H20N2O3/c1-10(2)18-12-4-3-5-14-13(12)15-6-7-17-11(8-15)9-16/h3-5,10-11,16H,6-9H2,1-2H3. The SMILES string of the molecule is CC(C)Oc1cccnc1N1CCOC(CO)C1. The van der Waals surface area contributed by atoms with E-state index in [-0.39, 0.29) is 18.8 Å². The molecule has 0 aliphatic carbocycles. The van der Waals surface area contributed by atoms with Crippen molar-refractivity contribution in [2.75, 3.05) is 31.2 Å². The summed E-state index contributed by atoms with van der Waals surface area (Å²) >= 11 is 0. The molecule has 18 heavy (non-hydrogen) atoms.